The molecule has 1 aliphatic heterocycles. The van der Waals surface area contributed by atoms with Crippen molar-refractivity contribution >= 4 is 18.3 Å². The van der Waals surface area contributed by atoms with Gasteiger partial charge in [0, 0.05) is 18.7 Å². The number of ether oxygens (including phenoxy) is 2. The highest BCUT2D eigenvalue weighted by molar-refractivity contribution is 5.85. The fourth-order valence-corrected chi connectivity index (χ4v) is 3.11. The van der Waals surface area contributed by atoms with Crippen molar-refractivity contribution < 1.29 is 14.3 Å². The van der Waals surface area contributed by atoms with Gasteiger partial charge in [-0.3, -0.25) is 4.79 Å². The Hall–Kier alpha value is -1.46. The summed E-state index contributed by atoms with van der Waals surface area (Å²) in [6.45, 7) is 2.63. The zero-order valence-electron chi connectivity index (χ0n) is 14.1. The Labute approximate surface area is 144 Å². The van der Waals surface area contributed by atoms with E-state index in [4.69, 9.17) is 9.47 Å². The highest BCUT2D eigenvalue weighted by Gasteiger charge is 2.25. The van der Waals surface area contributed by atoms with Gasteiger partial charge in [0.15, 0.2) is 0 Å². The number of methoxy groups -OCH3 is 2. The molecule has 1 heterocycles. The number of nitrogens with one attached hydrogen (secondary N) is 1. The molecule has 0 aromatic heterocycles. The van der Waals surface area contributed by atoms with E-state index >= 15 is 0 Å². The molecular weight excluding hydrogens is 316 g/mol. The van der Waals surface area contributed by atoms with E-state index in [1.165, 1.54) is 6.42 Å². The molecule has 130 valence electrons. The number of likely N-dealkylation sites (tertiary alicyclic amines) is 1. The van der Waals surface area contributed by atoms with Gasteiger partial charge in [0.05, 0.1) is 20.6 Å². The highest BCUT2D eigenvalue weighted by atomic mass is 35.5. The molecule has 5 nitrogen and oxygen atoms in total. The first-order chi connectivity index (χ1) is 10.7. The Bertz CT molecular complexity index is 486. The summed E-state index contributed by atoms with van der Waals surface area (Å²) >= 11 is 0. The zero-order valence-corrected chi connectivity index (χ0v) is 14.9. The molecular formula is C17H27ClN2O3. The van der Waals surface area contributed by atoms with E-state index < -0.39 is 0 Å². The van der Waals surface area contributed by atoms with Crippen LogP contribution < -0.4 is 14.8 Å². The number of benzene rings is 1. The molecule has 0 bridgehead atoms. The summed E-state index contributed by atoms with van der Waals surface area (Å²) in [7, 11) is 5.19. The first kappa shape index (κ1) is 19.6. The van der Waals surface area contributed by atoms with Crippen molar-refractivity contribution in [2.45, 2.75) is 19.3 Å². The lowest BCUT2D eigenvalue weighted by Crippen LogP contribution is -2.43. The Morgan fingerprint density at radius 2 is 1.96 bits per heavy atom. The van der Waals surface area contributed by atoms with Crippen LogP contribution in [0.25, 0.3) is 0 Å². The zero-order chi connectivity index (χ0) is 15.9. The van der Waals surface area contributed by atoms with E-state index in [1.807, 2.05) is 30.1 Å². The standard InChI is InChI=1S/C17H26N2O3.ClH/c1-18-11-13-6-5-9-19(12-13)17(20)10-14-15(21-2)7-4-8-16(14)22-3;/h4,7-8,13,18H,5-6,9-12H2,1-3H3;1H. The molecule has 0 spiro atoms. The second-order valence-electron chi connectivity index (χ2n) is 5.72. The molecule has 6 heteroatoms. The summed E-state index contributed by atoms with van der Waals surface area (Å²) in [6.07, 6.45) is 2.57. The molecule has 23 heavy (non-hydrogen) atoms. The van der Waals surface area contributed by atoms with E-state index in [-0.39, 0.29) is 18.3 Å². The molecule has 1 unspecified atom stereocenters. The van der Waals surface area contributed by atoms with E-state index in [0.29, 0.717) is 23.8 Å². The molecule has 1 aromatic carbocycles. The van der Waals surface area contributed by atoms with Crippen LogP contribution in [0.4, 0.5) is 0 Å². The molecule has 0 saturated carbocycles. The number of hydrogen-bond acceptors (Lipinski definition) is 4. The van der Waals surface area contributed by atoms with Crippen molar-refractivity contribution in [3.05, 3.63) is 23.8 Å². The molecule has 1 amide bonds. The molecule has 2 rings (SSSR count). The van der Waals surface area contributed by atoms with Gasteiger partial charge < -0.3 is 19.7 Å². The predicted molar refractivity (Wildman–Crippen MR) is 93.7 cm³/mol. The Kier molecular flexibility index (Phi) is 8.20. The van der Waals surface area contributed by atoms with Gasteiger partial charge in [0.2, 0.25) is 5.91 Å². The summed E-state index contributed by atoms with van der Waals surface area (Å²) in [5.74, 6) is 2.10. The van der Waals surface area contributed by atoms with Crippen molar-refractivity contribution in [1.29, 1.82) is 0 Å². The summed E-state index contributed by atoms with van der Waals surface area (Å²) in [6, 6.07) is 5.60. The molecule has 1 aliphatic rings. The minimum atomic E-state index is 0. The molecule has 1 fully saturated rings. The fourth-order valence-electron chi connectivity index (χ4n) is 3.11. The first-order valence-electron chi connectivity index (χ1n) is 7.81. The maximum atomic E-state index is 12.6. The van der Waals surface area contributed by atoms with Crippen LogP contribution in [0.1, 0.15) is 18.4 Å². The summed E-state index contributed by atoms with van der Waals surface area (Å²) in [4.78, 5) is 14.6. The van der Waals surface area contributed by atoms with Gasteiger partial charge >= 0.3 is 0 Å². The van der Waals surface area contributed by atoms with Crippen LogP contribution in [0.2, 0.25) is 0 Å². The van der Waals surface area contributed by atoms with Crippen LogP contribution in [-0.2, 0) is 11.2 Å². The van der Waals surface area contributed by atoms with Gasteiger partial charge in [-0.2, -0.15) is 0 Å². The third kappa shape index (κ3) is 5.01. The number of rotatable bonds is 6. The predicted octanol–water partition coefficient (Wildman–Crippen LogP) is 2.13. The summed E-state index contributed by atoms with van der Waals surface area (Å²) in [5, 5.41) is 3.21. The van der Waals surface area contributed by atoms with Gasteiger partial charge in [0.25, 0.3) is 0 Å². The molecule has 0 radical (unpaired) electrons. The Balaban J connectivity index is 0.00000264. The summed E-state index contributed by atoms with van der Waals surface area (Å²) in [5.41, 5.74) is 0.827. The number of piperidine rings is 1. The lowest BCUT2D eigenvalue weighted by atomic mass is 9.97. The van der Waals surface area contributed by atoms with Crippen LogP contribution in [0.15, 0.2) is 18.2 Å². The minimum absolute atomic E-state index is 0. The van der Waals surface area contributed by atoms with Crippen LogP contribution in [0.3, 0.4) is 0 Å². The van der Waals surface area contributed by atoms with E-state index in [1.54, 1.807) is 14.2 Å². The molecule has 1 aromatic rings. The number of halogens is 1. The molecule has 1 saturated heterocycles. The molecule has 0 aliphatic carbocycles. The van der Waals surface area contributed by atoms with Gasteiger partial charge in [-0.25, -0.2) is 0 Å². The van der Waals surface area contributed by atoms with Gasteiger partial charge in [-0.05, 0) is 44.5 Å². The van der Waals surface area contributed by atoms with E-state index in [0.717, 1.165) is 31.6 Å². The van der Waals surface area contributed by atoms with Crippen molar-refractivity contribution in [3.8, 4) is 11.5 Å². The van der Waals surface area contributed by atoms with Crippen LogP contribution in [-0.4, -0.2) is 51.7 Å². The third-order valence-corrected chi connectivity index (χ3v) is 4.22. The lowest BCUT2D eigenvalue weighted by molar-refractivity contribution is -0.132. The number of amides is 1. The third-order valence-electron chi connectivity index (χ3n) is 4.22. The number of carbonyl (C=O) groups is 1. The number of hydrogen-bond donors (Lipinski definition) is 1. The monoisotopic (exact) mass is 342 g/mol. The topological polar surface area (TPSA) is 50.8 Å². The van der Waals surface area contributed by atoms with Gasteiger partial charge in [-0.15, -0.1) is 12.4 Å². The SMILES string of the molecule is CNCC1CCCN(C(=O)Cc2c(OC)cccc2OC)C1.Cl. The first-order valence-corrected chi connectivity index (χ1v) is 7.81. The maximum absolute atomic E-state index is 12.6. The number of nitrogens with zero attached hydrogens (tertiary/aromatic N) is 1. The van der Waals surface area contributed by atoms with Gasteiger partial charge in [0.1, 0.15) is 11.5 Å². The van der Waals surface area contributed by atoms with Crippen molar-refractivity contribution in [2.24, 2.45) is 5.92 Å². The minimum Gasteiger partial charge on any atom is -0.496 e. The van der Waals surface area contributed by atoms with E-state index in [9.17, 15) is 4.79 Å². The Morgan fingerprint density at radius 3 is 2.52 bits per heavy atom. The van der Waals surface area contributed by atoms with Crippen LogP contribution in [0, 0.1) is 5.92 Å². The Morgan fingerprint density at radius 1 is 1.30 bits per heavy atom. The molecule has 1 N–H and O–H groups in total. The molecule has 1 atom stereocenters. The number of carbonyl (C=O) groups excluding carboxylic acids is 1. The second-order valence-corrected chi connectivity index (χ2v) is 5.72. The second kappa shape index (κ2) is 9.63. The lowest BCUT2D eigenvalue weighted by Gasteiger charge is -2.33. The van der Waals surface area contributed by atoms with Crippen LogP contribution >= 0.6 is 12.4 Å². The fraction of sp³-hybridized carbons (Fsp3) is 0.588. The summed E-state index contributed by atoms with van der Waals surface area (Å²) < 4.78 is 10.7. The van der Waals surface area contributed by atoms with E-state index in [2.05, 4.69) is 5.32 Å². The quantitative estimate of drug-likeness (QED) is 0.860. The van der Waals surface area contributed by atoms with Crippen molar-refractivity contribution in [3.63, 3.8) is 0 Å². The highest BCUT2D eigenvalue weighted by Crippen LogP contribution is 2.29. The normalized spacial score (nSPS) is 17.3. The van der Waals surface area contributed by atoms with Gasteiger partial charge in [-0.1, -0.05) is 6.07 Å². The van der Waals surface area contributed by atoms with Crippen LogP contribution in [0.5, 0.6) is 11.5 Å². The average Bonchev–Trinajstić information content (AvgIpc) is 2.55. The van der Waals surface area contributed by atoms with Crippen molar-refractivity contribution in [1.82, 2.24) is 10.2 Å². The maximum Gasteiger partial charge on any atom is 0.227 e. The largest absolute Gasteiger partial charge is 0.496 e. The average molecular weight is 343 g/mol. The smallest absolute Gasteiger partial charge is 0.227 e. The van der Waals surface area contributed by atoms with Crippen molar-refractivity contribution in [2.75, 3.05) is 40.9 Å².